The molecule has 51 heavy (non-hydrogen) atoms. The molecule has 0 bridgehead atoms. The average Bonchev–Trinajstić information content (AvgIpc) is 3.98. The van der Waals surface area contributed by atoms with Gasteiger partial charge in [0.05, 0.1) is 0 Å². The number of nitrogens with zero attached hydrogens (tertiary/aromatic N) is 15. The Labute approximate surface area is 283 Å². The topological polar surface area (TPSA) is 244 Å². The van der Waals surface area contributed by atoms with E-state index in [1.807, 2.05) is 0 Å². The number of hydrogen-bond acceptors (Lipinski definition) is 12. The third-order valence-corrected chi connectivity index (χ3v) is 6.62. The Kier molecular flexibility index (Phi) is 8.86. The van der Waals surface area contributed by atoms with Crippen molar-refractivity contribution >= 4 is 0 Å². The fourth-order valence-corrected chi connectivity index (χ4v) is 4.47. The summed E-state index contributed by atoms with van der Waals surface area (Å²) in [5, 5.41) is 24.2. The maximum atomic E-state index is 11.5. The second-order valence-electron chi connectivity index (χ2n) is 9.99. The SMILES string of the molecule is O=c1nc(-n2cccn2)cc(-n2cccn2)[nH]1.O=c1nc(-n2cccn2)cc(-n2cccn2)[nH]1.O=c1nc(-n2cccn2)cc(-n2cccn2)[nH]1. The number of hydrogen-bond donors (Lipinski definition) is 3. The lowest BCUT2D eigenvalue weighted by Crippen LogP contribution is -2.17. The fraction of sp³-hybridized carbons (Fsp3) is 0. The highest BCUT2D eigenvalue weighted by molar-refractivity contribution is 5.32. The number of nitrogens with one attached hydrogen (secondary N) is 3. The molecule has 252 valence electrons. The van der Waals surface area contributed by atoms with Crippen LogP contribution in [0.4, 0.5) is 0 Å². The second-order valence-corrected chi connectivity index (χ2v) is 9.99. The van der Waals surface area contributed by atoms with E-state index in [4.69, 9.17) is 0 Å². The standard InChI is InChI=1S/3C10H8N6O/c3*17-10-13-8(15-5-1-3-11-15)7-9(14-10)16-6-2-4-12-16/h3*1-7H,(H,13,14,17). The molecular formula is C30H24N18O3. The molecule has 3 N–H and O–H groups in total. The zero-order valence-electron chi connectivity index (χ0n) is 26.1. The third kappa shape index (κ3) is 7.57. The normalized spacial score (nSPS) is 10.6. The Morgan fingerprint density at radius 2 is 0.588 bits per heavy atom. The van der Waals surface area contributed by atoms with Gasteiger partial charge in [0.2, 0.25) is 0 Å². The minimum atomic E-state index is -0.441. The predicted octanol–water partition coefficient (Wildman–Crippen LogP) is 0.424. The van der Waals surface area contributed by atoms with Gasteiger partial charge in [0.1, 0.15) is 17.5 Å². The molecule has 0 aliphatic heterocycles. The first kappa shape index (κ1) is 31.5. The summed E-state index contributed by atoms with van der Waals surface area (Å²) in [6.07, 6.45) is 20.1. The molecule has 9 aromatic heterocycles. The maximum absolute atomic E-state index is 11.5. The first-order valence-corrected chi connectivity index (χ1v) is 14.8. The Balaban J connectivity index is 0.000000119. The third-order valence-electron chi connectivity index (χ3n) is 6.62. The lowest BCUT2D eigenvalue weighted by atomic mass is 10.5. The smallest absolute Gasteiger partial charge is 0.290 e. The van der Waals surface area contributed by atoms with E-state index in [2.05, 4.69) is 60.5 Å². The van der Waals surface area contributed by atoms with E-state index in [-0.39, 0.29) is 0 Å². The molecule has 0 aromatic carbocycles. The quantitative estimate of drug-likeness (QED) is 0.216. The molecule has 21 nitrogen and oxygen atoms in total. The number of rotatable bonds is 6. The summed E-state index contributed by atoms with van der Waals surface area (Å²) in [5.74, 6) is 2.97. The van der Waals surface area contributed by atoms with Crippen molar-refractivity contribution in [3.63, 3.8) is 0 Å². The van der Waals surface area contributed by atoms with Gasteiger partial charge in [-0.05, 0) is 36.4 Å². The van der Waals surface area contributed by atoms with Gasteiger partial charge in [-0.1, -0.05) is 0 Å². The van der Waals surface area contributed by atoms with Crippen molar-refractivity contribution in [2.45, 2.75) is 0 Å². The molecule has 9 heterocycles. The summed E-state index contributed by atoms with van der Waals surface area (Å²) in [6, 6.07) is 15.7. The molecule has 0 saturated heterocycles. The first-order chi connectivity index (χ1) is 25.0. The van der Waals surface area contributed by atoms with E-state index in [9.17, 15) is 14.4 Å². The number of H-pyrrole nitrogens is 3. The van der Waals surface area contributed by atoms with Gasteiger partial charge in [-0.15, -0.1) is 0 Å². The van der Waals surface area contributed by atoms with Gasteiger partial charge in [0.25, 0.3) is 0 Å². The highest BCUT2D eigenvalue weighted by Crippen LogP contribution is 2.07. The molecule has 0 saturated carbocycles. The minimum absolute atomic E-state index is 0.441. The van der Waals surface area contributed by atoms with Gasteiger partial charge >= 0.3 is 17.1 Å². The van der Waals surface area contributed by atoms with Crippen LogP contribution in [0.25, 0.3) is 34.9 Å². The van der Waals surface area contributed by atoms with Crippen LogP contribution in [0.2, 0.25) is 0 Å². The lowest BCUT2D eigenvalue weighted by molar-refractivity contribution is 0.790. The van der Waals surface area contributed by atoms with Crippen molar-refractivity contribution in [3.05, 3.63) is 160 Å². The van der Waals surface area contributed by atoms with Crippen LogP contribution >= 0.6 is 0 Å². The Morgan fingerprint density at radius 3 is 0.804 bits per heavy atom. The second kappa shape index (κ2) is 14.3. The van der Waals surface area contributed by atoms with Crippen LogP contribution in [-0.4, -0.2) is 88.6 Å². The van der Waals surface area contributed by atoms with E-state index < -0.39 is 17.1 Å². The van der Waals surface area contributed by atoms with Gasteiger partial charge in [-0.2, -0.15) is 45.5 Å². The van der Waals surface area contributed by atoms with Crippen molar-refractivity contribution in [1.82, 2.24) is 88.6 Å². The molecule has 0 unspecified atom stereocenters. The Bertz CT molecular complexity index is 2130. The summed E-state index contributed by atoms with van der Waals surface area (Å²) in [6.45, 7) is 0. The van der Waals surface area contributed by atoms with Crippen LogP contribution in [-0.2, 0) is 0 Å². The zero-order valence-corrected chi connectivity index (χ0v) is 26.1. The Morgan fingerprint density at radius 1 is 0.353 bits per heavy atom. The van der Waals surface area contributed by atoms with Crippen molar-refractivity contribution in [2.24, 2.45) is 0 Å². The van der Waals surface area contributed by atoms with Gasteiger partial charge < -0.3 is 0 Å². The number of aromatic nitrogens is 18. The van der Waals surface area contributed by atoms with Crippen LogP contribution in [0, 0.1) is 0 Å². The van der Waals surface area contributed by atoms with Crippen LogP contribution in [0.5, 0.6) is 0 Å². The van der Waals surface area contributed by atoms with E-state index >= 15 is 0 Å². The maximum Gasteiger partial charge on any atom is 0.348 e. The number of aromatic amines is 3. The Hall–Kier alpha value is -8.10. The van der Waals surface area contributed by atoms with Crippen LogP contribution in [0.3, 0.4) is 0 Å². The zero-order chi connectivity index (χ0) is 35.0. The largest absolute Gasteiger partial charge is 0.348 e. The molecule has 0 aliphatic carbocycles. The monoisotopic (exact) mass is 684 g/mol. The molecule has 0 fully saturated rings. The van der Waals surface area contributed by atoms with E-state index in [1.54, 1.807) is 143 Å². The van der Waals surface area contributed by atoms with Gasteiger partial charge in [0.15, 0.2) is 17.5 Å². The summed E-state index contributed by atoms with van der Waals surface area (Å²) in [4.78, 5) is 53.7. The van der Waals surface area contributed by atoms with Gasteiger partial charge in [0, 0.05) is 92.6 Å². The van der Waals surface area contributed by atoms with Crippen LogP contribution < -0.4 is 17.1 Å². The molecule has 0 amide bonds. The molecule has 0 spiro atoms. The predicted molar refractivity (Wildman–Crippen MR) is 177 cm³/mol. The summed E-state index contributed by atoms with van der Waals surface area (Å²) in [7, 11) is 0. The summed E-state index contributed by atoms with van der Waals surface area (Å²) < 4.78 is 9.20. The highest BCUT2D eigenvalue weighted by Gasteiger charge is 2.07. The minimum Gasteiger partial charge on any atom is -0.290 e. The molecule has 21 heteroatoms. The van der Waals surface area contributed by atoms with E-state index in [0.717, 1.165) is 0 Å². The molecule has 0 aliphatic rings. The molecule has 9 aromatic rings. The molecule has 0 radical (unpaired) electrons. The van der Waals surface area contributed by atoms with Gasteiger partial charge in [-0.3, -0.25) is 15.0 Å². The fourth-order valence-electron chi connectivity index (χ4n) is 4.47. The average molecular weight is 685 g/mol. The summed E-state index contributed by atoms with van der Waals surface area (Å²) in [5.41, 5.74) is -1.32. The first-order valence-electron chi connectivity index (χ1n) is 14.8. The van der Waals surface area contributed by atoms with E-state index in [1.165, 1.54) is 14.0 Å². The molecule has 9 rings (SSSR count). The van der Waals surface area contributed by atoms with Crippen LogP contribution in [0.15, 0.2) is 143 Å². The lowest BCUT2D eigenvalue weighted by Gasteiger charge is -2.03. The molecular weight excluding hydrogens is 660 g/mol. The van der Waals surface area contributed by atoms with Crippen molar-refractivity contribution in [1.29, 1.82) is 0 Å². The van der Waals surface area contributed by atoms with Gasteiger partial charge in [-0.25, -0.2) is 42.5 Å². The van der Waals surface area contributed by atoms with Crippen molar-refractivity contribution in [2.75, 3.05) is 0 Å². The van der Waals surface area contributed by atoms with Crippen molar-refractivity contribution < 1.29 is 0 Å². The van der Waals surface area contributed by atoms with E-state index in [0.29, 0.717) is 34.9 Å². The molecule has 0 atom stereocenters. The summed E-state index contributed by atoms with van der Waals surface area (Å²) >= 11 is 0. The highest BCUT2D eigenvalue weighted by atomic mass is 16.1. The van der Waals surface area contributed by atoms with Crippen molar-refractivity contribution in [3.8, 4) is 34.9 Å². The van der Waals surface area contributed by atoms with Crippen LogP contribution in [0.1, 0.15) is 0 Å².